The van der Waals surface area contributed by atoms with Gasteiger partial charge in [0, 0.05) is 34.9 Å². The first-order valence-corrected chi connectivity index (χ1v) is 10.6. The summed E-state index contributed by atoms with van der Waals surface area (Å²) >= 11 is 0. The molecule has 30 heavy (non-hydrogen) atoms. The molecule has 0 bridgehead atoms. The molecule has 11 heteroatoms. The second-order valence-electron chi connectivity index (χ2n) is 6.70. The predicted octanol–water partition coefficient (Wildman–Crippen LogP) is 4.16. The van der Waals surface area contributed by atoms with Crippen molar-refractivity contribution in [3.8, 4) is 16.8 Å². The fraction of sp³-hybridized carbons (Fsp3) is 0.316. The number of nitrogens with zero attached hydrogens (tertiary/aromatic N) is 4. The molecule has 0 atom stereocenters. The molecule has 3 aromatic heterocycles. The third kappa shape index (κ3) is 4.30. The van der Waals surface area contributed by atoms with Crippen molar-refractivity contribution in [3.63, 3.8) is 0 Å². The maximum atomic E-state index is 12.5. The van der Waals surface area contributed by atoms with Crippen LogP contribution in [0.2, 0.25) is 0 Å². The van der Waals surface area contributed by atoms with Crippen LogP contribution >= 0.6 is 0 Å². The second kappa shape index (κ2) is 8.05. The highest BCUT2D eigenvalue weighted by atomic mass is 32.2. The van der Waals surface area contributed by atoms with Crippen LogP contribution in [0.1, 0.15) is 30.4 Å². The van der Waals surface area contributed by atoms with Gasteiger partial charge in [0.15, 0.2) is 0 Å². The van der Waals surface area contributed by atoms with Crippen LogP contribution in [-0.4, -0.2) is 33.7 Å². The highest BCUT2D eigenvalue weighted by molar-refractivity contribution is 7.93. The molecule has 0 saturated carbocycles. The molecular weight excluding hydrogens is 419 g/mol. The van der Waals surface area contributed by atoms with E-state index in [1.54, 1.807) is 10.9 Å². The number of anilines is 1. The summed E-state index contributed by atoms with van der Waals surface area (Å²) in [5.41, 5.74) is -0.730. The van der Waals surface area contributed by atoms with Gasteiger partial charge in [0.25, 0.3) is 0 Å². The highest BCUT2D eigenvalue weighted by Crippen LogP contribution is 2.30. The first-order valence-electron chi connectivity index (χ1n) is 9.10. The van der Waals surface area contributed by atoms with Crippen molar-refractivity contribution in [3.05, 3.63) is 53.7 Å². The first kappa shape index (κ1) is 21.8. The molecule has 3 aromatic rings. The second-order valence-corrected chi connectivity index (χ2v) is 8.37. The Bertz CT molecular complexity index is 1160. The van der Waals surface area contributed by atoms with Gasteiger partial charge >= 0.3 is 15.5 Å². The summed E-state index contributed by atoms with van der Waals surface area (Å²) in [6.45, 7) is 5.75. The number of hydrogen-bond acceptors (Lipinski definition) is 5. The van der Waals surface area contributed by atoms with Gasteiger partial charge in [-0.05, 0) is 44.5 Å². The normalized spacial score (nSPS) is 12.2. The van der Waals surface area contributed by atoms with Gasteiger partial charge in [-0.15, -0.1) is 0 Å². The van der Waals surface area contributed by atoms with Gasteiger partial charge < -0.3 is 0 Å². The Morgan fingerprint density at radius 1 is 1.13 bits per heavy atom. The monoisotopic (exact) mass is 439 g/mol. The Hall–Kier alpha value is -2.95. The van der Waals surface area contributed by atoms with E-state index in [1.165, 1.54) is 23.1 Å². The number of aromatic nitrogens is 4. The average Bonchev–Trinajstić information content (AvgIpc) is 2.96. The third-order valence-electron chi connectivity index (χ3n) is 4.44. The van der Waals surface area contributed by atoms with E-state index < -0.39 is 21.3 Å². The summed E-state index contributed by atoms with van der Waals surface area (Å²) in [6, 6.07) is 6.48. The van der Waals surface area contributed by atoms with E-state index in [0.29, 0.717) is 11.3 Å². The smallest absolute Gasteiger partial charge is 0.261 e. The number of alkyl halides is 3. The van der Waals surface area contributed by atoms with Gasteiger partial charge in [-0.25, -0.2) is 9.67 Å². The maximum absolute atomic E-state index is 12.5. The molecule has 1 N–H and O–H groups in total. The van der Waals surface area contributed by atoms with Crippen LogP contribution in [-0.2, 0) is 16.4 Å². The van der Waals surface area contributed by atoms with Crippen molar-refractivity contribution >= 4 is 15.8 Å². The molecular formula is C19H20F3N5O2S. The first-order chi connectivity index (χ1) is 14.0. The number of nitrogens with one attached hydrogen (secondary N) is 1. The van der Waals surface area contributed by atoms with E-state index in [9.17, 15) is 21.6 Å². The van der Waals surface area contributed by atoms with Gasteiger partial charge in [0.05, 0.1) is 11.4 Å². The maximum Gasteiger partial charge on any atom is 0.516 e. The zero-order valence-electron chi connectivity index (χ0n) is 16.5. The number of sulfonamides is 1. The predicted molar refractivity (Wildman–Crippen MR) is 107 cm³/mol. The fourth-order valence-corrected chi connectivity index (χ4v) is 3.61. The molecule has 0 aromatic carbocycles. The Balaban J connectivity index is 1.93. The van der Waals surface area contributed by atoms with Crippen LogP contribution in [0.25, 0.3) is 16.8 Å². The Morgan fingerprint density at radius 3 is 2.47 bits per heavy atom. The third-order valence-corrected chi connectivity index (χ3v) is 5.53. The molecule has 0 aliphatic carbocycles. The standard InChI is InChI=1S/C19H20F3N5O2S/c1-4-5-15-10-16(8-9-23-15)27-13(3)18(12(2)25-27)14-6-7-17(24-11-14)26-30(28,29)19(20,21)22/h6-11H,4-5H2,1-3H3,(H,24,26). The van der Waals surface area contributed by atoms with Gasteiger partial charge in [0.2, 0.25) is 0 Å². The van der Waals surface area contributed by atoms with E-state index in [4.69, 9.17) is 0 Å². The lowest BCUT2D eigenvalue weighted by Gasteiger charge is -2.10. The Morgan fingerprint density at radius 2 is 1.87 bits per heavy atom. The van der Waals surface area contributed by atoms with Crippen LogP contribution in [0.3, 0.4) is 0 Å². The fourth-order valence-electron chi connectivity index (χ4n) is 3.10. The van der Waals surface area contributed by atoms with E-state index in [1.807, 2.05) is 26.0 Å². The quantitative estimate of drug-likeness (QED) is 0.623. The number of hydrogen-bond donors (Lipinski definition) is 1. The molecule has 0 unspecified atom stereocenters. The van der Waals surface area contributed by atoms with Crippen LogP contribution < -0.4 is 4.72 Å². The lowest BCUT2D eigenvalue weighted by Crippen LogP contribution is -2.30. The summed E-state index contributed by atoms with van der Waals surface area (Å²) in [6.07, 6.45) is 4.85. The summed E-state index contributed by atoms with van der Waals surface area (Å²) in [5, 5.41) is 4.57. The zero-order chi connectivity index (χ0) is 22.1. The molecule has 0 radical (unpaired) electrons. The molecule has 7 nitrogen and oxygen atoms in total. The van der Waals surface area contributed by atoms with E-state index >= 15 is 0 Å². The minimum absolute atomic E-state index is 0.419. The minimum atomic E-state index is -5.52. The molecule has 3 rings (SSSR count). The highest BCUT2D eigenvalue weighted by Gasteiger charge is 2.46. The van der Waals surface area contributed by atoms with Crippen LogP contribution in [0.4, 0.5) is 19.0 Å². The van der Waals surface area contributed by atoms with Crippen molar-refractivity contribution in [1.29, 1.82) is 0 Å². The van der Waals surface area contributed by atoms with Gasteiger partial charge in [-0.1, -0.05) is 13.3 Å². The van der Waals surface area contributed by atoms with Gasteiger partial charge in [0.1, 0.15) is 5.82 Å². The molecule has 0 fully saturated rings. The molecule has 0 saturated heterocycles. The summed E-state index contributed by atoms with van der Waals surface area (Å²) < 4.78 is 63.2. The van der Waals surface area contributed by atoms with Crippen molar-refractivity contribution in [2.45, 2.75) is 39.1 Å². The van der Waals surface area contributed by atoms with Crippen molar-refractivity contribution < 1.29 is 21.6 Å². The number of rotatable bonds is 6. The Labute approximate surface area is 172 Å². The average molecular weight is 439 g/mol. The summed E-state index contributed by atoms with van der Waals surface area (Å²) in [5.74, 6) is -0.419. The molecule has 0 aliphatic heterocycles. The number of pyridine rings is 2. The SMILES string of the molecule is CCCc1cc(-n2nc(C)c(-c3ccc(NS(=O)(=O)C(F)(F)F)nc3)c2C)ccn1. The largest absolute Gasteiger partial charge is 0.516 e. The lowest BCUT2D eigenvalue weighted by molar-refractivity contribution is -0.0429. The van der Waals surface area contributed by atoms with Crippen LogP contribution in [0.15, 0.2) is 36.7 Å². The van der Waals surface area contributed by atoms with E-state index in [2.05, 4.69) is 22.0 Å². The van der Waals surface area contributed by atoms with Gasteiger partial charge in [-0.3, -0.25) is 9.71 Å². The zero-order valence-corrected chi connectivity index (χ0v) is 17.3. The minimum Gasteiger partial charge on any atom is -0.261 e. The van der Waals surface area contributed by atoms with Crippen molar-refractivity contribution in [2.75, 3.05) is 4.72 Å². The lowest BCUT2D eigenvalue weighted by atomic mass is 10.1. The Kier molecular flexibility index (Phi) is 5.84. The van der Waals surface area contributed by atoms with Crippen molar-refractivity contribution in [1.82, 2.24) is 19.7 Å². The molecule has 160 valence electrons. The molecule has 0 amide bonds. The van der Waals surface area contributed by atoms with Crippen LogP contribution in [0, 0.1) is 13.8 Å². The van der Waals surface area contributed by atoms with Crippen LogP contribution in [0.5, 0.6) is 0 Å². The number of halogens is 3. The van der Waals surface area contributed by atoms with Gasteiger partial charge in [-0.2, -0.15) is 26.7 Å². The van der Waals surface area contributed by atoms with E-state index in [0.717, 1.165) is 35.5 Å². The van der Waals surface area contributed by atoms with Crippen molar-refractivity contribution in [2.24, 2.45) is 0 Å². The molecule has 3 heterocycles. The summed E-state index contributed by atoms with van der Waals surface area (Å²) in [4.78, 5) is 8.16. The topological polar surface area (TPSA) is 89.8 Å². The summed E-state index contributed by atoms with van der Waals surface area (Å²) in [7, 11) is -5.52. The van der Waals surface area contributed by atoms with E-state index in [-0.39, 0.29) is 0 Å². The molecule has 0 aliphatic rings. The molecule has 0 spiro atoms. The number of aryl methyl sites for hydroxylation is 2.